The number of fused-ring (bicyclic) bond motifs is 1. The largest absolute Gasteiger partial charge is 0.317 e. The van der Waals surface area contributed by atoms with Gasteiger partial charge in [-0.25, -0.2) is 4.98 Å². The topological polar surface area (TPSA) is 32.6 Å². The summed E-state index contributed by atoms with van der Waals surface area (Å²) in [5.74, 6) is 0. The fraction of sp³-hybridized carbons (Fsp3) is 0.588. The van der Waals surface area contributed by atoms with Gasteiger partial charge in [-0.1, -0.05) is 6.07 Å². The Bertz CT molecular complexity index is 639. The Morgan fingerprint density at radius 3 is 2.95 bits per heavy atom. The number of likely N-dealkylation sites (tertiary alicyclic amines) is 1. The molecule has 2 aromatic rings. The van der Waals surface area contributed by atoms with Crippen LogP contribution in [0.1, 0.15) is 30.5 Å². The zero-order valence-corrected chi connectivity index (χ0v) is 12.8. The van der Waals surface area contributed by atoms with Crippen LogP contribution < -0.4 is 5.32 Å². The molecule has 0 atom stereocenters. The first kappa shape index (κ1) is 13.3. The molecule has 0 aromatic carbocycles. The van der Waals surface area contributed by atoms with E-state index in [1.165, 1.54) is 56.7 Å². The molecule has 0 saturated carbocycles. The molecule has 1 N–H and O–H groups in total. The van der Waals surface area contributed by atoms with Gasteiger partial charge in [-0.3, -0.25) is 4.90 Å². The van der Waals surface area contributed by atoms with Crippen LogP contribution in [-0.2, 0) is 6.54 Å². The molecule has 2 saturated heterocycles. The van der Waals surface area contributed by atoms with E-state index in [1.807, 2.05) is 6.20 Å². The van der Waals surface area contributed by atoms with Crippen LogP contribution in [0.25, 0.3) is 5.65 Å². The van der Waals surface area contributed by atoms with Gasteiger partial charge in [0, 0.05) is 19.3 Å². The van der Waals surface area contributed by atoms with Crippen LogP contribution in [0.5, 0.6) is 0 Å². The Kier molecular flexibility index (Phi) is 3.23. The van der Waals surface area contributed by atoms with E-state index in [0.29, 0.717) is 5.41 Å². The van der Waals surface area contributed by atoms with E-state index in [9.17, 15) is 0 Å². The molecule has 4 heteroatoms. The number of hydrogen-bond donors (Lipinski definition) is 1. The Hall–Kier alpha value is -1.39. The molecule has 2 fully saturated rings. The van der Waals surface area contributed by atoms with E-state index < -0.39 is 0 Å². The molecule has 0 bridgehead atoms. The van der Waals surface area contributed by atoms with Crippen molar-refractivity contribution in [3.05, 3.63) is 35.8 Å². The summed E-state index contributed by atoms with van der Waals surface area (Å²) in [6, 6.07) is 4.24. The number of aryl methyl sites for hydroxylation is 1. The lowest BCUT2D eigenvalue weighted by atomic mass is 9.78. The molecule has 2 aliphatic rings. The predicted molar refractivity (Wildman–Crippen MR) is 84.4 cm³/mol. The summed E-state index contributed by atoms with van der Waals surface area (Å²) >= 11 is 0. The summed E-state index contributed by atoms with van der Waals surface area (Å²) < 4.78 is 2.25. The van der Waals surface area contributed by atoms with Crippen LogP contribution in [0.4, 0.5) is 0 Å². The van der Waals surface area contributed by atoms with Crippen molar-refractivity contribution in [2.75, 3.05) is 26.2 Å². The molecule has 21 heavy (non-hydrogen) atoms. The zero-order chi connectivity index (χ0) is 14.3. The van der Waals surface area contributed by atoms with Crippen molar-refractivity contribution in [2.24, 2.45) is 5.41 Å². The molecule has 0 unspecified atom stereocenters. The average molecular weight is 284 g/mol. The van der Waals surface area contributed by atoms with Crippen LogP contribution in [0, 0.1) is 12.3 Å². The highest BCUT2D eigenvalue weighted by atomic mass is 15.2. The van der Waals surface area contributed by atoms with Crippen molar-refractivity contribution in [3.8, 4) is 0 Å². The summed E-state index contributed by atoms with van der Waals surface area (Å²) in [7, 11) is 0. The van der Waals surface area contributed by atoms with Crippen molar-refractivity contribution in [2.45, 2.75) is 32.7 Å². The maximum Gasteiger partial charge on any atom is 0.136 e. The van der Waals surface area contributed by atoms with Gasteiger partial charge < -0.3 is 9.72 Å². The summed E-state index contributed by atoms with van der Waals surface area (Å²) in [6.45, 7) is 8.06. The van der Waals surface area contributed by atoms with Crippen molar-refractivity contribution < 1.29 is 0 Å². The minimum atomic E-state index is 0.585. The lowest BCUT2D eigenvalue weighted by Crippen LogP contribution is -2.38. The van der Waals surface area contributed by atoms with Crippen LogP contribution >= 0.6 is 0 Å². The van der Waals surface area contributed by atoms with Crippen LogP contribution in [0.3, 0.4) is 0 Å². The Balaban J connectivity index is 1.52. The van der Waals surface area contributed by atoms with Gasteiger partial charge in [-0.15, -0.1) is 0 Å². The first-order valence-electron chi connectivity index (χ1n) is 8.10. The van der Waals surface area contributed by atoms with Gasteiger partial charge in [0.05, 0.1) is 11.9 Å². The highest BCUT2D eigenvalue weighted by Crippen LogP contribution is 2.39. The summed E-state index contributed by atoms with van der Waals surface area (Å²) in [5, 5.41) is 3.49. The fourth-order valence-corrected chi connectivity index (χ4v) is 4.01. The molecule has 0 radical (unpaired) electrons. The predicted octanol–water partition coefficient (Wildman–Crippen LogP) is 2.22. The number of rotatable bonds is 2. The Labute approximate surface area is 126 Å². The van der Waals surface area contributed by atoms with Gasteiger partial charge in [0.25, 0.3) is 0 Å². The molecule has 4 nitrogen and oxygen atoms in total. The van der Waals surface area contributed by atoms with Gasteiger partial charge >= 0.3 is 0 Å². The normalized spacial score (nSPS) is 22.3. The van der Waals surface area contributed by atoms with E-state index in [2.05, 4.69) is 44.9 Å². The third-order valence-corrected chi connectivity index (χ3v) is 5.30. The number of aromatic nitrogens is 2. The highest BCUT2D eigenvalue weighted by molar-refractivity contribution is 5.41. The number of piperidine rings is 1. The van der Waals surface area contributed by atoms with E-state index in [1.54, 1.807) is 0 Å². The fourth-order valence-electron chi connectivity index (χ4n) is 4.01. The second kappa shape index (κ2) is 5.11. The third kappa shape index (κ3) is 2.47. The van der Waals surface area contributed by atoms with Gasteiger partial charge in [0.2, 0.25) is 0 Å². The van der Waals surface area contributed by atoms with Crippen LogP contribution in [0.15, 0.2) is 24.5 Å². The zero-order valence-electron chi connectivity index (χ0n) is 12.8. The minimum Gasteiger partial charge on any atom is -0.317 e. The number of hydrogen-bond acceptors (Lipinski definition) is 3. The first-order valence-corrected chi connectivity index (χ1v) is 8.10. The third-order valence-electron chi connectivity index (χ3n) is 5.30. The van der Waals surface area contributed by atoms with Crippen molar-refractivity contribution >= 4 is 5.65 Å². The molecule has 112 valence electrons. The van der Waals surface area contributed by atoms with Crippen LogP contribution in [0.2, 0.25) is 0 Å². The highest BCUT2D eigenvalue weighted by Gasteiger charge is 2.38. The molecule has 4 rings (SSSR count). The standard InChI is InChI=1S/C17H24N4/c1-14-2-3-16-19-10-15(21(16)11-14)12-20-9-6-17(13-20)4-7-18-8-5-17/h2-3,10-11,18H,4-9,12-13H2,1H3. The van der Waals surface area contributed by atoms with Crippen molar-refractivity contribution in [3.63, 3.8) is 0 Å². The molecule has 2 aromatic heterocycles. The smallest absolute Gasteiger partial charge is 0.136 e. The maximum absolute atomic E-state index is 4.53. The van der Waals surface area contributed by atoms with Gasteiger partial charge in [0.1, 0.15) is 5.65 Å². The lowest BCUT2D eigenvalue weighted by molar-refractivity contribution is 0.193. The van der Waals surface area contributed by atoms with E-state index in [-0.39, 0.29) is 0 Å². The summed E-state index contributed by atoms with van der Waals surface area (Å²) in [4.78, 5) is 7.15. The maximum atomic E-state index is 4.53. The second-order valence-electron chi connectivity index (χ2n) is 6.89. The first-order chi connectivity index (χ1) is 10.2. The SMILES string of the molecule is Cc1ccc2ncc(CN3CCC4(CCNCC4)C3)n2c1. The molecule has 1 spiro atoms. The van der Waals surface area contributed by atoms with Crippen molar-refractivity contribution in [1.82, 2.24) is 19.6 Å². The Morgan fingerprint density at radius 1 is 1.24 bits per heavy atom. The number of nitrogens with zero attached hydrogens (tertiary/aromatic N) is 3. The van der Waals surface area contributed by atoms with Gasteiger partial charge in [-0.2, -0.15) is 0 Å². The molecule has 4 heterocycles. The molecular weight excluding hydrogens is 260 g/mol. The number of pyridine rings is 1. The van der Waals surface area contributed by atoms with E-state index in [4.69, 9.17) is 0 Å². The minimum absolute atomic E-state index is 0.585. The van der Waals surface area contributed by atoms with Gasteiger partial charge in [-0.05, 0) is 62.9 Å². The summed E-state index contributed by atoms with van der Waals surface area (Å²) in [5.41, 5.74) is 4.26. The molecule has 0 amide bonds. The lowest BCUT2D eigenvalue weighted by Gasteiger charge is -2.33. The molecule has 2 aliphatic heterocycles. The van der Waals surface area contributed by atoms with E-state index >= 15 is 0 Å². The van der Waals surface area contributed by atoms with Gasteiger partial charge in [0.15, 0.2) is 0 Å². The molecule has 0 aliphatic carbocycles. The molecular formula is C17H24N4. The second-order valence-corrected chi connectivity index (χ2v) is 6.89. The van der Waals surface area contributed by atoms with Crippen LogP contribution in [-0.4, -0.2) is 40.5 Å². The monoisotopic (exact) mass is 284 g/mol. The summed E-state index contributed by atoms with van der Waals surface area (Å²) in [6.07, 6.45) is 8.30. The van der Waals surface area contributed by atoms with Crippen molar-refractivity contribution in [1.29, 1.82) is 0 Å². The number of imidazole rings is 1. The average Bonchev–Trinajstić information content (AvgIpc) is 3.06. The number of nitrogens with one attached hydrogen (secondary N) is 1. The Morgan fingerprint density at radius 2 is 2.10 bits per heavy atom. The quantitative estimate of drug-likeness (QED) is 0.918. The van der Waals surface area contributed by atoms with E-state index in [0.717, 1.165) is 12.2 Å².